The number of carbonyl (C=O) groups excluding carboxylic acids is 1. The van der Waals surface area contributed by atoms with Crippen LogP contribution in [0.1, 0.15) is 21.6 Å². The van der Waals surface area contributed by atoms with Crippen LogP contribution in [0.3, 0.4) is 0 Å². The number of aryl methyl sites for hydroxylation is 1. The molecule has 3 aromatic rings. The molecule has 0 unspecified atom stereocenters. The predicted molar refractivity (Wildman–Crippen MR) is 83.4 cm³/mol. The monoisotopic (exact) mass is 331 g/mol. The van der Waals surface area contributed by atoms with Gasteiger partial charge in [-0.3, -0.25) is 0 Å². The highest BCUT2D eigenvalue weighted by molar-refractivity contribution is 7.13. The molecule has 0 aliphatic carbocycles. The summed E-state index contributed by atoms with van der Waals surface area (Å²) < 4.78 is 10.3. The number of nitrogens with zero attached hydrogens (tertiary/aromatic N) is 1. The molecule has 2 aromatic heterocycles. The van der Waals surface area contributed by atoms with E-state index in [4.69, 9.17) is 9.26 Å². The molecule has 23 heavy (non-hydrogen) atoms. The highest BCUT2D eigenvalue weighted by Gasteiger charge is 2.18. The molecule has 2 heterocycles. The van der Waals surface area contributed by atoms with Gasteiger partial charge < -0.3 is 19.5 Å². The van der Waals surface area contributed by atoms with Gasteiger partial charge in [0, 0.05) is 6.07 Å². The number of thiophene rings is 1. The fourth-order valence-corrected chi connectivity index (χ4v) is 2.65. The highest BCUT2D eigenvalue weighted by atomic mass is 32.1. The Bertz CT molecular complexity index is 838. The number of hydrogen-bond acceptors (Lipinski definition) is 7. The van der Waals surface area contributed by atoms with Gasteiger partial charge >= 0.3 is 5.97 Å². The number of hydrogen-bond donors (Lipinski definition) is 2. The third-order valence-corrected chi connectivity index (χ3v) is 4.13. The summed E-state index contributed by atoms with van der Waals surface area (Å²) >= 11 is 1.51. The van der Waals surface area contributed by atoms with E-state index in [0.717, 1.165) is 4.88 Å². The molecule has 0 radical (unpaired) electrons. The fourth-order valence-electron chi connectivity index (χ4n) is 1.98. The van der Waals surface area contributed by atoms with E-state index in [-0.39, 0.29) is 17.9 Å². The molecule has 0 saturated heterocycles. The number of aromatic hydroxyl groups is 2. The van der Waals surface area contributed by atoms with Gasteiger partial charge in [-0.15, -0.1) is 11.3 Å². The van der Waals surface area contributed by atoms with Gasteiger partial charge in [0.05, 0.1) is 4.88 Å². The molecule has 0 atom stereocenters. The second kappa shape index (κ2) is 6.13. The molecule has 0 fully saturated rings. The van der Waals surface area contributed by atoms with E-state index in [0.29, 0.717) is 17.0 Å². The Balaban J connectivity index is 1.69. The number of carbonyl (C=O) groups is 1. The SMILES string of the molecule is Cc1ccc(C(=O)OCc2cc(-c3cccs3)on2)c(O)c1O. The number of ether oxygens (including phenoxy) is 1. The van der Waals surface area contributed by atoms with Crippen LogP contribution in [-0.2, 0) is 11.3 Å². The van der Waals surface area contributed by atoms with E-state index in [1.54, 1.807) is 13.0 Å². The summed E-state index contributed by atoms with van der Waals surface area (Å²) in [5.41, 5.74) is 0.823. The zero-order valence-electron chi connectivity index (χ0n) is 12.1. The molecule has 7 heteroatoms. The standard InChI is InChI=1S/C16H13NO5S/c1-9-4-5-11(15(19)14(9)18)16(20)21-8-10-7-12(22-17-10)13-3-2-6-23-13/h2-7,18-19H,8H2,1H3. The van der Waals surface area contributed by atoms with Crippen LogP contribution < -0.4 is 0 Å². The summed E-state index contributed by atoms with van der Waals surface area (Å²) in [5, 5.41) is 25.2. The smallest absolute Gasteiger partial charge is 0.342 e. The number of rotatable bonds is 4. The van der Waals surface area contributed by atoms with Crippen LogP contribution in [0.4, 0.5) is 0 Å². The van der Waals surface area contributed by atoms with Gasteiger partial charge in [-0.05, 0) is 30.0 Å². The Labute approximate surface area is 135 Å². The molecule has 0 amide bonds. The van der Waals surface area contributed by atoms with Crippen molar-refractivity contribution >= 4 is 17.3 Å². The molecule has 0 aliphatic heterocycles. The second-order valence-corrected chi connectivity index (χ2v) is 5.81. The molecule has 6 nitrogen and oxygen atoms in total. The maximum Gasteiger partial charge on any atom is 0.342 e. The van der Waals surface area contributed by atoms with Crippen molar-refractivity contribution in [2.24, 2.45) is 0 Å². The summed E-state index contributed by atoms with van der Waals surface area (Å²) in [5.74, 6) is -0.976. The van der Waals surface area contributed by atoms with Gasteiger partial charge in [-0.1, -0.05) is 17.3 Å². The Kier molecular flexibility index (Phi) is 4.03. The zero-order valence-corrected chi connectivity index (χ0v) is 13.0. The van der Waals surface area contributed by atoms with Crippen LogP contribution in [0.15, 0.2) is 40.2 Å². The molecule has 0 saturated carbocycles. The van der Waals surface area contributed by atoms with Crippen molar-refractivity contribution in [2.45, 2.75) is 13.5 Å². The van der Waals surface area contributed by atoms with Crippen molar-refractivity contribution in [3.05, 3.63) is 52.5 Å². The Morgan fingerprint density at radius 2 is 2.13 bits per heavy atom. The Hall–Kier alpha value is -2.80. The minimum Gasteiger partial charge on any atom is -0.504 e. The normalized spacial score (nSPS) is 10.7. The maximum atomic E-state index is 12.0. The van der Waals surface area contributed by atoms with Crippen molar-refractivity contribution < 1.29 is 24.3 Å². The maximum absolute atomic E-state index is 12.0. The van der Waals surface area contributed by atoms with Crippen LogP contribution in [0, 0.1) is 6.92 Å². The molecule has 3 rings (SSSR count). The van der Waals surface area contributed by atoms with E-state index in [2.05, 4.69) is 5.16 Å². The second-order valence-electron chi connectivity index (χ2n) is 4.86. The molecular weight excluding hydrogens is 318 g/mol. The molecule has 0 spiro atoms. The van der Waals surface area contributed by atoms with Crippen LogP contribution in [0.25, 0.3) is 10.6 Å². The number of phenols is 2. The predicted octanol–water partition coefficient (Wildman–Crippen LogP) is 3.48. The van der Waals surface area contributed by atoms with Crippen molar-refractivity contribution in [1.82, 2.24) is 5.16 Å². The van der Waals surface area contributed by atoms with E-state index in [1.807, 2.05) is 17.5 Å². The van der Waals surface area contributed by atoms with Gasteiger partial charge in [0.1, 0.15) is 17.9 Å². The summed E-state index contributed by atoms with van der Waals surface area (Å²) in [6.45, 7) is 1.52. The molecule has 2 N–H and O–H groups in total. The van der Waals surface area contributed by atoms with Crippen molar-refractivity contribution in [3.63, 3.8) is 0 Å². The fraction of sp³-hybridized carbons (Fsp3) is 0.125. The summed E-state index contributed by atoms with van der Waals surface area (Å²) in [6.07, 6.45) is 0. The first kappa shape index (κ1) is 15.1. The van der Waals surface area contributed by atoms with E-state index >= 15 is 0 Å². The molecule has 1 aromatic carbocycles. The van der Waals surface area contributed by atoms with Gasteiger partial charge in [0.25, 0.3) is 0 Å². The first-order valence-corrected chi connectivity index (χ1v) is 7.62. The summed E-state index contributed by atoms with van der Waals surface area (Å²) in [4.78, 5) is 12.9. The number of phenolic OH excluding ortho intramolecular Hbond substituents is 2. The van der Waals surface area contributed by atoms with Crippen LogP contribution in [0.2, 0.25) is 0 Å². The largest absolute Gasteiger partial charge is 0.504 e. The third-order valence-electron chi connectivity index (χ3n) is 3.25. The quantitative estimate of drug-likeness (QED) is 0.561. The van der Waals surface area contributed by atoms with E-state index in [1.165, 1.54) is 23.5 Å². The molecular formula is C16H13NO5S. The Morgan fingerprint density at radius 1 is 1.30 bits per heavy atom. The molecule has 0 bridgehead atoms. The first-order chi connectivity index (χ1) is 11.1. The van der Waals surface area contributed by atoms with Gasteiger partial charge in [0.15, 0.2) is 17.3 Å². The number of aromatic nitrogens is 1. The van der Waals surface area contributed by atoms with Gasteiger partial charge in [0.2, 0.25) is 0 Å². The molecule has 118 valence electrons. The molecule has 0 aliphatic rings. The average molecular weight is 331 g/mol. The number of benzene rings is 1. The first-order valence-electron chi connectivity index (χ1n) is 6.74. The summed E-state index contributed by atoms with van der Waals surface area (Å²) in [6, 6.07) is 8.40. The van der Waals surface area contributed by atoms with E-state index in [9.17, 15) is 15.0 Å². The number of esters is 1. The lowest BCUT2D eigenvalue weighted by Gasteiger charge is -2.07. The van der Waals surface area contributed by atoms with Crippen molar-refractivity contribution in [3.8, 4) is 22.1 Å². The van der Waals surface area contributed by atoms with Crippen LogP contribution in [0.5, 0.6) is 11.5 Å². The van der Waals surface area contributed by atoms with Crippen LogP contribution >= 0.6 is 11.3 Å². The lowest BCUT2D eigenvalue weighted by atomic mass is 10.1. The Morgan fingerprint density at radius 3 is 2.87 bits per heavy atom. The minimum atomic E-state index is -0.751. The van der Waals surface area contributed by atoms with Crippen molar-refractivity contribution in [1.29, 1.82) is 0 Å². The van der Waals surface area contributed by atoms with Gasteiger partial charge in [-0.2, -0.15) is 0 Å². The third kappa shape index (κ3) is 3.04. The minimum absolute atomic E-state index is 0.0954. The average Bonchev–Trinajstić information content (AvgIpc) is 3.21. The topological polar surface area (TPSA) is 92.8 Å². The van der Waals surface area contributed by atoms with E-state index < -0.39 is 11.7 Å². The highest BCUT2D eigenvalue weighted by Crippen LogP contribution is 2.32. The van der Waals surface area contributed by atoms with Crippen molar-refractivity contribution in [2.75, 3.05) is 0 Å². The van der Waals surface area contributed by atoms with Gasteiger partial charge in [-0.25, -0.2) is 4.79 Å². The lowest BCUT2D eigenvalue weighted by Crippen LogP contribution is -2.06. The lowest BCUT2D eigenvalue weighted by molar-refractivity contribution is 0.0460. The summed E-state index contributed by atoms with van der Waals surface area (Å²) in [7, 11) is 0. The zero-order chi connectivity index (χ0) is 16.4. The van der Waals surface area contributed by atoms with Crippen LogP contribution in [-0.4, -0.2) is 21.3 Å².